The van der Waals surface area contributed by atoms with E-state index in [-0.39, 0.29) is 40.3 Å². The number of carboxylic acid groups (broad SMARTS) is 2. The van der Waals surface area contributed by atoms with Crippen molar-refractivity contribution in [2.45, 2.75) is 12.8 Å². The topological polar surface area (TPSA) is 156 Å². The molecule has 0 aliphatic carbocycles. The zero-order valence-electron chi connectivity index (χ0n) is 12.6. The first-order chi connectivity index (χ1) is 11.3. The predicted molar refractivity (Wildman–Crippen MR) is 83.0 cm³/mol. The number of carbonyl (C=O) groups is 2. The van der Waals surface area contributed by atoms with Gasteiger partial charge in [0.2, 0.25) is 0 Å². The number of dihydropyridines is 1. The van der Waals surface area contributed by atoms with Crippen molar-refractivity contribution >= 4 is 17.6 Å². The Balaban J connectivity index is 2.75. The molecule has 1 aliphatic rings. The summed E-state index contributed by atoms with van der Waals surface area (Å²) in [6.07, 6.45) is 0. The number of nitrogens with zero attached hydrogens (tertiary/aromatic N) is 1. The minimum atomic E-state index is -1.34. The van der Waals surface area contributed by atoms with Gasteiger partial charge in [0.25, 0.3) is 5.69 Å². The third-order valence-corrected chi connectivity index (χ3v) is 3.72. The van der Waals surface area contributed by atoms with Gasteiger partial charge in [0, 0.05) is 30.1 Å². The average Bonchev–Trinajstić information content (AvgIpc) is 2.52. The van der Waals surface area contributed by atoms with Crippen LogP contribution in [0.2, 0.25) is 0 Å². The highest BCUT2D eigenvalue weighted by Crippen LogP contribution is 2.39. The second-order valence-electron chi connectivity index (χ2n) is 5.16. The van der Waals surface area contributed by atoms with E-state index in [2.05, 4.69) is 5.32 Å². The van der Waals surface area contributed by atoms with Crippen LogP contribution < -0.4 is 11.1 Å². The molecule has 9 heteroatoms. The molecule has 0 fully saturated rings. The highest BCUT2D eigenvalue weighted by molar-refractivity contribution is 5.98. The molecular weight excluding hydrogens is 318 g/mol. The lowest BCUT2D eigenvalue weighted by Crippen LogP contribution is -2.34. The molecule has 1 aliphatic heterocycles. The summed E-state index contributed by atoms with van der Waals surface area (Å²) >= 11 is 0. The molecule has 0 radical (unpaired) electrons. The first-order valence-corrected chi connectivity index (χ1v) is 6.89. The van der Waals surface area contributed by atoms with E-state index in [9.17, 15) is 29.9 Å². The molecule has 126 valence electrons. The molecule has 0 spiro atoms. The van der Waals surface area contributed by atoms with Crippen molar-refractivity contribution in [1.29, 1.82) is 0 Å². The van der Waals surface area contributed by atoms with Gasteiger partial charge in [0.15, 0.2) is 0 Å². The van der Waals surface area contributed by atoms with Crippen LogP contribution in [-0.2, 0) is 9.59 Å². The maximum Gasteiger partial charge on any atom is 0.334 e. The van der Waals surface area contributed by atoms with E-state index >= 15 is 0 Å². The van der Waals surface area contributed by atoms with E-state index < -0.39 is 22.8 Å². The molecule has 0 saturated carbocycles. The monoisotopic (exact) mass is 333 g/mol. The second-order valence-corrected chi connectivity index (χ2v) is 5.16. The molecule has 1 heterocycles. The van der Waals surface area contributed by atoms with E-state index in [0.29, 0.717) is 0 Å². The molecule has 0 saturated heterocycles. The van der Waals surface area contributed by atoms with Gasteiger partial charge in [0.05, 0.1) is 22.0 Å². The number of hydrogen-bond donors (Lipinski definition) is 4. The van der Waals surface area contributed by atoms with Crippen LogP contribution in [-0.4, -0.2) is 33.6 Å². The SMILES string of the molecule is CC1=C(C(=O)O)C(c2cccc([N+](=O)[O-])c2)C(C(=O)O)=C(CN)N1. The van der Waals surface area contributed by atoms with Gasteiger partial charge in [-0.1, -0.05) is 12.1 Å². The van der Waals surface area contributed by atoms with Crippen LogP contribution in [0.1, 0.15) is 18.4 Å². The summed E-state index contributed by atoms with van der Waals surface area (Å²) < 4.78 is 0. The summed E-state index contributed by atoms with van der Waals surface area (Å²) in [6.45, 7) is 1.35. The Bertz CT molecular complexity index is 796. The van der Waals surface area contributed by atoms with E-state index in [1.54, 1.807) is 0 Å². The van der Waals surface area contributed by atoms with E-state index in [0.717, 1.165) is 0 Å². The summed E-state index contributed by atoms with van der Waals surface area (Å²) in [4.78, 5) is 33.7. The summed E-state index contributed by atoms with van der Waals surface area (Å²) in [7, 11) is 0. The van der Waals surface area contributed by atoms with Gasteiger partial charge in [0.1, 0.15) is 0 Å². The number of non-ortho nitro benzene ring substituents is 1. The Labute approximate surface area is 136 Å². The summed E-state index contributed by atoms with van der Waals surface area (Å²) in [5, 5.41) is 32.7. The zero-order chi connectivity index (χ0) is 18.0. The number of hydrogen-bond acceptors (Lipinski definition) is 6. The fourth-order valence-electron chi connectivity index (χ4n) is 2.74. The van der Waals surface area contributed by atoms with Crippen LogP contribution >= 0.6 is 0 Å². The number of nitrogens with two attached hydrogens (primary N) is 1. The summed E-state index contributed by atoms with van der Waals surface area (Å²) in [5.41, 5.74) is 5.50. The maximum atomic E-state index is 11.7. The van der Waals surface area contributed by atoms with E-state index in [4.69, 9.17) is 5.73 Å². The molecule has 2 rings (SSSR count). The molecule has 0 bridgehead atoms. The fourth-order valence-corrected chi connectivity index (χ4v) is 2.74. The van der Waals surface area contributed by atoms with E-state index in [1.165, 1.54) is 31.2 Å². The van der Waals surface area contributed by atoms with Crippen molar-refractivity contribution in [2.75, 3.05) is 6.54 Å². The smallest absolute Gasteiger partial charge is 0.334 e. The van der Waals surface area contributed by atoms with Crippen LogP contribution in [0.5, 0.6) is 0 Å². The molecule has 1 aromatic rings. The number of nitrogens with one attached hydrogen (secondary N) is 1. The minimum Gasteiger partial charge on any atom is -0.478 e. The Morgan fingerprint density at radius 2 is 1.92 bits per heavy atom. The molecule has 1 atom stereocenters. The van der Waals surface area contributed by atoms with Gasteiger partial charge >= 0.3 is 11.9 Å². The fraction of sp³-hybridized carbons (Fsp3) is 0.200. The molecule has 24 heavy (non-hydrogen) atoms. The van der Waals surface area contributed by atoms with Crippen LogP contribution in [0.25, 0.3) is 0 Å². The number of carboxylic acids is 2. The third-order valence-electron chi connectivity index (χ3n) is 3.72. The highest BCUT2D eigenvalue weighted by atomic mass is 16.6. The average molecular weight is 333 g/mol. The van der Waals surface area contributed by atoms with Crippen molar-refractivity contribution in [3.05, 3.63) is 62.5 Å². The first kappa shape index (κ1) is 17.2. The highest BCUT2D eigenvalue weighted by Gasteiger charge is 2.37. The van der Waals surface area contributed by atoms with Crippen LogP contribution in [0.3, 0.4) is 0 Å². The van der Waals surface area contributed by atoms with Crippen LogP contribution in [0, 0.1) is 10.1 Å². The van der Waals surface area contributed by atoms with Crippen molar-refractivity contribution in [3.8, 4) is 0 Å². The van der Waals surface area contributed by atoms with Crippen molar-refractivity contribution in [1.82, 2.24) is 5.32 Å². The van der Waals surface area contributed by atoms with Gasteiger partial charge in [-0.15, -0.1) is 0 Å². The number of rotatable bonds is 5. The Hall–Kier alpha value is -3.20. The number of benzene rings is 1. The molecule has 5 N–H and O–H groups in total. The van der Waals surface area contributed by atoms with Crippen molar-refractivity contribution in [3.63, 3.8) is 0 Å². The molecule has 1 unspecified atom stereocenters. The third kappa shape index (κ3) is 2.97. The number of aliphatic carboxylic acids is 2. The van der Waals surface area contributed by atoms with Crippen LogP contribution in [0.4, 0.5) is 5.69 Å². The normalized spacial score (nSPS) is 17.5. The minimum absolute atomic E-state index is 0.142. The number of allylic oxidation sites excluding steroid dienone is 1. The predicted octanol–water partition coefficient (Wildman–Crippen LogP) is 0.938. The lowest BCUT2D eigenvalue weighted by Gasteiger charge is -2.29. The van der Waals surface area contributed by atoms with Crippen molar-refractivity contribution in [2.24, 2.45) is 5.73 Å². The van der Waals surface area contributed by atoms with Gasteiger partial charge in [-0.2, -0.15) is 0 Å². The van der Waals surface area contributed by atoms with Gasteiger partial charge in [-0.25, -0.2) is 9.59 Å². The quantitative estimate of drug-likeness (QED) is 0.458. The largest absolute Gasteiger partial charge is 0.478 e. The second kappa shape index (κ2) is 6.50. The molecule has 0 amide bonds. The Kier molecular flexibility index (Phi) is 4.65. The molecular formula is C15H15N3O6. The zero-order valence-corrected chi connectivity index (χ0v) is 12.6. The standard InChI is InChI=1S/C15H15N3O6/c1-7-11(14(19)20)12(13(15(21)22)10(6-16)17-7)8-3-2-4-9(5-8)18(23)24/h2-5,12,17H,6,16H2,1H3,(H,19,20)(H,21,22). The van der Waals surface area contributed by atoms with Gasteiger partial charge in [-0.05, 0) is 12.5 Å². The van der Waals surface area contributed by atoms with E-state index in [1.807, 2.05) is 0 Å². The number of nitro benzene ring substituents is 1. The molecule has 0 aromatic heterocycles. The summed E-state index contributed by atoms with van der Waals surface area (Å²) in [6, 6.07) is 5.25. The Morgan fingerprint density at radius 1 is 1.29 bits per heavy atom. The number of nitro groups is 1. The first-order valence-electron chi connectivity index (χ1n) is 6.89. The Morgan fingerprint density at radius 3 is 2.42 bits per heavy atom. The molecule has 9 nitrogen and oxygen atoms in total. The van der Waals surface area contributed by atoms with Crippen molar-refractivity contribution < 1.29 is 24.7 Å². The van der Waals surface area contributed by atoms with Crippen LogP contribution in [0.15, 0.2) is 46.8 Å². The van der Waals surface area contributed by atoms with Gasteiger partial charge < -0.3 is 21.3 Å². The van der Waals surface area contributed by atoms with Gasteiger partial charge in [-0.3, -0.25) is 10.1 Å². The summed E-state index contributed by atoms with van der Waals surface area (Å²) in [5.74, 6) is -3.82. The lowest BCUT2D eigenvalue weighted by molar-refractivity contribution is -0.384. The molecule has 1 aromatic carbocycles. The maximum absolute atomic E-state index is 11.7. The lowest BCUT2D eigenvalue weighted by atomic mass is 9.80.